The summed E-state index contributed by atoms with van der Waals surface area (Å²) in [6.07, 6.45) is 5.22. The molecule has 0 saturated carbocycles. The minimum Gasteiger partial charge on any atom is -0.372 e. The Hall–Kier alpha value is -1.39. The first-order valence-electron chi connectivity index (χ1n) is 7.87. The topological polar surface area (TPSA) is 38.8 Å². The van der Waals surface area contributed by atoms with Crippen molar-refractivity contribution in [3.05, 3.63) is 29.8 Å². The van der Waals surface area contributed by atoms with E-state index < -0.39 is 0 Å². The molecule has 1 fully saturated rings. The lowest BCUT2D eigenvalue weighted by Gasteiger charge is -2.25. The van der Waals surface area contributed by atoms with Gasteiger partial charge in [-0.15, -0.1) is 0 Å². The Morgan fingerprint density at radius 3 is 2.76 bits per heavy atom. The van der Waals surface area contributed by atoms with Crippen LogP contribution < -0.4 is 4.90 Å². The third-order valence-electron chi connectivity index (χ3n) is 3.79. The highest BCUT2D eigenvalue weighted by atomic mass is 16.7. The Labute approximate surface area is 127 Å². The van der Waals surface area contributed by atoms with Crippen LogP contribution in [0.1, 0.15) is 43.0 Å². The van der Waals surface area contributed by atoms with Gasteiger partial charge in [0.05, 0.1) is 6.61 Å². The van der Waals surface area contributed by atoms with Crippen LogP contribution in [0, 0.1) is 0 Å². The molecule has 1 aliphatic heterocycles. The van der Waals surface area contributed by atoms with E-state index in [1.165, 1.54) is 6.42 Å². The van der Waals surface area contributed by atoms with Crippen LogP contribution in [0.25, 0.3) is 0 Å². The van der Waals surface area contributed by atoms with E-state index in [0.717, 1.165) is 57.5 Å². The molecular weight excluding hydrogens is 266 g/mol. The normalized spacial score (nSPS) is 18.4. The van der Waals surface area contributed by atoms with Gasteiger partial charge in [0.15, 0.2) is 6.29 Å². The summed E-state index contributed by atoms with van der Waals surface area (Å²) < 4.78 is 11.3. The van der Waals surface area contributed by atoms with Crippen LogP contribution in [-0.4, -0.2) is 38.9 Å². The molecular formula is C17H25NO3. The lowest BCUT2D eigenvalue weighted by atomic mass is 10.2. The van der Waals surface area contributed by atoms with Crippen LogP contribution in [0.2, 0.25) is 0 Å². The van der Waals surface area contributed by atoms with Gasteiger partial charge in [0, 0.05) is 30.9 Å². The molecule has 116 valence electrons. The highest BCUT2D eigenvalue weighted by molar-refractivity contribution is 5.75. The Morgan fingerprint density at radius 1 is 1.33 bits per heavy atom. The summed E-state index contributed by atoms with van der Waals surface area (Å²) in [5.41, 5.74) is 1.87. The fourth-order valence-electron chi connectivity index (χ4n) is 2.55. The van der Waals surface area contributed by atoms with E-state index in [2.05, 4.69) is 11.8 Å². The predicted octanol–water partition coefficient (Wildman–Crippen LogP) is 3.26. The van der Waals surface area contributed by atoms with Crippen LogP contribution >= 0.6 is 0 Å². The maximum atomic E-state index is 10.7. The van der Waals surface area contributed by atoms with Crippen LogP contribution in [0.15, 0.2) is 24.3 Å². The first kappa shape index (κ1) is 16.0. The molecule has 0 radical (unpaired) electrons. The lowest BCUT2D eigenvalue weighted by Crippen LogP contribution is -2.27. The Kier molecular flexibility index (Phi) is 6.70. The van der Waals surface area contributed by atoms with Crippen molar-refractivity contribution in [1.82, 2.24) is 0 Å². The number of ether oxygens (including phenoxy) is 2. The molecule has 0 amide bonds. The van der Waals surface area contributed by atoms with Gasteiger partial charge in [0.2, 0.25) is 0 Å². The summed E-state index contributed by atoms with van der Waals surface area (Å²) in [6.45, 7) is 5.59. The molecule has 1 unspecified atom stereocenters. The number of aldehydes is 1. The summed E-state index contributed by atoms with van der Waals surface area (Å²) in [5, 5.41) is 0. The molecule has 0 spiro atoms. The standard InChI is InChI=1S/C17H25NO3/c1-2-18(16-9-7-15(14-19)8-10-16)11-5-13-21-17-6-3-4-12-20-17/h7-10,14,17H,2-6,11-13H2,1H3. The molecule has 1 aromatic carbocycles. The largest absolute Gasteiger partial charge is 0.372 e. The van der Waals surface area contributed by atoms with Crippen molar-refractivity contribution in [3.63, 3.8) is 0 Å². The van der Waals surface area contributed by atoms with Crippen molar-refractivity contribution in [3.8, 4) is 0 Å². The quantitative estimate of drug-likeness (QED) is 0.544. The highest BCUT2D eigenvalue weighted by Crippen LogP contribution is 2.16. The van der Waals surface area contributed by atoms with E-state index in [9.17, 15) is 4.79 Å². The number of benzene rings is 1. The maximum Gasteiger partial charge on any atom is 0.157 e. The second kappa shape index (κ2) is 8.80. The predicted molar refractivity (Wildman–Crippen MR) is 83.9 cm³/mol. The van der Waals surface area contributed by atoms with Crippen molar-refractivity contribution < 1.29 is 14.3 Å². The van der Waals surface area contributed by atoms with Crippen molar-refractivity contribution in [1.29, 1.82) is 0 Å². The van der Waals surface area contributed by atoms with Crippen LogP contribution in [-0.2, 0) is 9.47 Å². The second-order valence-corrected chi connectivity index (χ2v) is 5.31. The van der Waals surface area contributed by atoms with Gasteiger partial charge in [0.1, 0.15) is 6.29 Å². The minimum absolute atomic E-state index is 0.000649. The van der Waals surface area contributed by atoms with Crippen LogP contribution in [0.5, 0.6) is 0 Å². The minimum atomic E-state index is 0.000649. The van der Waals surface area contributed by atoms with Gasteiger partial charge >= 0.3 is 0 Å². The molecule has 1 aliphatic rings. The van der Waals surface area contributed by atoms with Crippen molar-refractivity contribution in [2.45, 2.75) is 38.9 Å². The molecule has 0 aliphatic carbocycles. The summed E-state index contributed by atoms with van der Waals surface area (Å²) in [5.74, 6) is 0. The Bertz CT molecular complexity index is 413. The number of carbonyl (C=O) groups is 1. The van der Waals surface area contributed by atoms with Gasteiger partial charge in [0.25, 0.3) is 0 Å². The van der Waals surface area contributed by atoms with E-state index in [0.29, 0.717) is 5.56 Å². The zero-order valence-electron chi connectivity index (χ0n) is 12.8. The van der Waals surface area contributed by atoms with Crippen LogP contribution in [0.4, 0.5) is 5.69 Å². The van der Waals surface area contributed by atoms with Crippen molar-refractivity contribution in [2.24, 2.45) is 0 Å². The average molecular weight is 291 g/mol. The lowest BCUT2D eigenvalue weighted by molar-refractivity contribution is -0.162. The first-order chi connectivity index (χ1) is 10.3. The Balaban J connectivity index is 1.72. The molecule has 1 atom stereocenters. The average Bonchev–Trinajstić information content (AvgIpc) is 2.56. The number of rotatable bonds is 8. The second-order valence-electron chi connectivity index (χ2n) is 5.31. The van der Waals surface area contributed by atoms with Crippen LogP contribution in [0.3, 0.4) is 0 Å². The summed E-state index contributed by atoms with van der Waals surface area (Å²) in [7, 11) is 0. The van der Waals surface area contributed by atoms with E-state index in [4.69, 9.17) is 9.47 Å². The zero-order valence-corrected chi connectivity index (χ0v) is 12.8. The molecule has 0 aromatic heterocycles. The molecule has 1 aromatic rings. The number of hydrogen-bond donors (Lipinski definition) is 0. The smallest absolute Gasteiger partial charge is 0.157 e. The molecule has 21 heavy (non-hydrogen) atoms. The fraction of sp³-hybridized carbons (Fsp3) is 0.588. The summed E-state index contributed by atoms with van der Waals surface area (Å²) >= 11 is 0. The summed E-state index contributed by atoms with van der Waals surface area (Å²) in [6, 6.07) is 7.71. The van der Waals surface area contributed by atoms with Crippen molar-refractivity contribution in [2.75, 3.05) is 31.2 Å². The molecule has 1 saturated heterocycles. The van der Waals surface area contributed by atoms with Gasteiger partial charge in [-0.1, -0.05) is 0 Å². The molecule has 0 bridgehead atoms. The third kappa shape index (κ3) is 5.14. The molecule has 4 nitrogen and oxygen atoms in total. The molecule has 2 rings (SSSR count). The van der Waals surface area contributed by atoms with E-state index >= 15 is 0 Å². The Morgan fingerprint density at radius 2 is 2.14 bits per heavy atom. The monoisotopic (exact) mass is 291 g/mol. The van der Waals surface area contributed by atoms with Gasteiger partial charge < -0.3 is 14.4 Å². The van der Waals surface area contributed by atoms with E-state index in [1.54, 1.807) is 0 Å². The number of hydrogen-bond acceptors (Lipinski definition) is 4. The van der Waals surface area contributed by atoms with Gasteiger partial charge in [-0.3, -0.25) is 4.79 Å². The van der Waals surface area contributed by atoms with Gasteiger partial charge in [-0.2, -0.15) is 0 Å². The fourth-order valence-corrected chi connectivity index (χ4v) is 2.55. The van der Waals surface area contributed by atoms with E-state index in [-0.39, 0.29) is 6.29 Å². The number of carbonyl (C=O) groups excluding carboxylic acids is 1. The third-order valence-corrected chi connectivity index (χ3v) is 3.79. The highest BCUT2D eigenvalue weighted by Gasteiger charge is 2.13. The van der Waals surface area contributed by atoms with Gasteiger partial charge in [-0.05, 0) is 56.9 Å². The first-order valence-corrected chi connectivity index (χ1v) is 7.87. The molecule has 0 N–H and O–H groups in total. The number of nitrogens with zero attached hydrogens (tertiary/aromatic N) is 1. The number of anilines is 1. The van der Waals surface area contributed by atoms with E-state index in [1.807, 2.05) is 24.3 Å². The SMILES string of the molecule is CCN(CCCOC1CCCCO1)c1ccc(C=O)cc1. The molecule has 1 heterocycles. The zero-order chi connectivity index (χ0) is 14.9. The van der Waals surface area contributed by atoms with Gasteiger partial charge in [-0.25, -0.2) is 0 Å². The summed E-state index contributed by atoms with van der Waals surface area (Å²) in [4.78, 5) is 13.0. The van der Waals surface area contributed by atoms with Crippen molar-refractivity contribution >= 4 is 12.0 Å². The molecule has 4 heteroatoms. The maximum absolute atomic E-state index is 10.7.